The minimum absolute atomic E-state index is 0.109. The average molecular weight is 1130 g/mol. The van der Waals surface area contributed by atoms with E-state index in [0.29, 0.717) is 19.3 Å². The van der Waals surface area contributed by atoms with Gasteiger partial charge in [0.1, 0.15) is 13.2 Å². The average Bonchev–Trinajstić information content (AvgIpc) is 3.47. The highest BCUT2D eigenvalue weighted by Crippen LogP contribution is 2.16. The summed E-state index contributed by atoms with van der Waals surface area (Å²) in [6, 6.07) is 0. The molecule has 0 aromatic rings. The van der Waals surface area contributed by atoms with E-state index < -0.39 is 12.1 Å². The van der Waals surface area contributed by atoms with Crippen molar-refractivity contribution in [3.63, 3.8) is 0 Å². The molecular weight excluding hydrogens is 997 g/mol. The zero-order valence-corrected chi connectivity index (χ0v) is 53.3. The fourth-order valence-electron chi connectivity index (χ4n) is 9.61. The molecule has 0 rings (SSSR count). The first-order valence-electron chi connectivity index (χ1n) is 34.4. The predicted molar refractivity (Wildman–Crippen MR) is 353 cm³/mol. The Morgan fingerprint density at radius 1 is 0.259 bits per heavy atom. The Morgan fingerprint density at radius 3 is 0.815 bits per heavy atom. The van der Waals surface area contributed by atoms with E-state index in [9.17, 15) is 14.4 Å². The van der Waals surface area contributed by atoms with Crippen LogP contribution in [0, 0.1) is 0 Å². The Morgan fingerprint density at radius 2 is 0.506 bits per heavy atom. The van der Waals surface area contributed by atoms with Crippen LogP contribution in [0.25, 0.3) is 0 Å². The monoisotopic (exact) mass is 1120 g/mol. The molecule has 0 aliphatic rings. The molecular formula is C75H128O6. The molecule has 0 spiro atoms. The molecule has 0 aromatic carbocycles. The first-order chi connectivity index (χ1) is 40.0. The van der Waals surface area contributed by atoms with E-state index in [0.717, 1.165) is 83.5 Å². The van der Waals surface area contributed by atoms with Gasteiger partial charge < -0.3 is 14.2 Å². The fraction of sp³-hybridized carbons (Fsp3) is 0.720. The van der Waals surface area contributed by atoms with Gasteiger partial charge in [-0.3, -0.25) is 14.4 Å². The van der Waals surface area contributed by atoms with Crippen molar-refractivity contribution in [2.45, 2.75) is 335 Å². The van der Waals surface area contributed by atoms with Gasteiger partial charge in [-0.15, -0.1) is 0 Å². The molecule has 0 amide bonds. The van der Waals surface area contributed by atoms with Crippen molar-refractivity contribution in [3.05, 3.63) is 109 Å². The van der Waals surface area contributed by atoms with E-state index in [2.05, 4.69) is 124 Å². The highest BCUT2D eigenvalue weighted by molar-refractivity contribution is 5.71. The van der Waals surface area contributed by atoms with Crippen LogP contribution in [-0.4, -0.2) is 37.2 Å². The van der Waals surface area contributed by atoms with Crippen LogP contribution in [0.15, 0.2) is 109 Å². The molecule has 1 atom stereocenters. The van der Waals surface area contributed by atoms with Crippen molar-refractivity contribution in [1.29, 1.82) is 0 Å². The Bertz CT molecular complexity index is 1620. The van der Waals surface area contributed by atoms with Crippen LogP contribution >= 0.6 is 0 Å². The zero-order valence-electron chi connectivity index (χ0n) is 53.3. The molecule has 6 heteroatoms. The lowest BCUT2D eigenvalue weighted by atomic mass is 10.0. The summed E-state index contributed by atoms with van der Waals surface area (Å²) < 4.78 is 16.9. The molecule has 0 heterocycles. The molecule has 0 saturated heterocycles. The lowest BCUT2D eigenvalue weighted by Gasteiger charge is -2.18. The molecule has 0 N–H and O–H groups in total. The second-order valence-electron chi connectivity index (χ2n) is 22.7. The van der Waals surface area contributed by atoms with Gasteiger partial charge in [0, 0.05) is 19.3 Å². The van der Waals surface area contributed by atoms with Crippen LogP contribution in [0.1, 0.15) is 329 Å². The quantitative estimate of drug-likeness (QED) is 0.0261. The number of rotatable bonds is 62. The smallest absolute Gasteiger partial charge is 0.306 e. The van der Waals surface area contributed by atoms with Gasteiger partial charge in [-0.25, -0.2) is 0 Å². The van der Waals surface area contributed by atoms with Gasteiger partial charge in [-0.2, -0.15) is 0 Å². The molecule has 6 nitrogen and oxygen atoms in total. The van der Waals surface area contributed by atoms with Gasteiger partial charge in [0.05, 0.1) is 0 Å². The third-order valence-electron chi connectivity index (χ3n) is 14.7. The summed E-state index contributed by atoms with van der Waals surface area (Å²) in [5.74, 6) is -0.985. The van der Waals surface area contributed by atoms with E-state index in [1.807, 2.05) is 6.08 Å². The number of hydrogen-bond donors (Lipinski definition) is 0. The minimum Gasteiger partial charge on any atom is -0.462 e. The van der Waals surface area contributed by atoms with Crippen LogP contribution < -0.4 is 0 Å². The van der Waals surface area contributed by atoms with Crippen LogP contribution in [-0.2, 0) is 28.6 Å². The first kappa shape index (κ1) is 77.1. The maximum atomic E-state index is 12.9. The maximum absolute atomic E-state index is 12.9. The first-order valence-corrected chi connectivity index (χ1v) is 34.4. The van der Waals surface area contributed by atoms with Crippen molar-refractivity contribution in [2.75, 3.05) is 13.2 Å². The Labute approximate surface area is 501 Å². The summed E-state index contributed by atoms with van der Waals surface area (Å²) in [5.41, 5.74) is 0. The molecule has 81 heavy (non-hydrogen) atoms. The maximum Gasteiger partial charge on any atom is 0.306 e. The molecule has 0 radical (unpaired) electrons. The predicted octanol–water partition coefficient (Wildman–Crippen LogP) is 23.8. The number of ether oxygens (including phenoxy) is 3. The number of hydrogen-bond acceptors (Lipinski definition) is 6. The number of carbonyl (C=O) groups excluding carboxylic acids is 3. The Kier molecular flexibility index (Phi) is 65.2. The highest BCUT2D eigenvalue weighted by Gasteiger charge is 2.19. The molecule has 0 bridgehead atoms. The largest absolute Gasteiger partial charge is 0.462 e. The van der Waals surface area contributed by atoms with E-state index in [4.69, 9.17) is 14.2 Å². The SMILES string of the molecule is CC/C=C\C/C=C\C/C=C\C/C=C\C/C=C\C/C=C\CCC(=O)OC(COC(=O)CCCCCCCCCCC/C=C\CCCCCCCC)COC(=O)CCCCCCCCCCCCCCC/C=C\C/C=C\CCCCCCC. The lowest BCUT2D eigenvalue weighted by molar-refractivity contribution is -0.166. The fourth-order valence-corrected chi connectivity index (χ4v) is 9.61. The van der Waals surface area contributed by atoms with Crippen molar-refractivity contribution in [2.24, 2.45) is 0 Å². The van der Waals surface area contributed by atoms with Gasteiger partial charge in [-0.05, 0) is 116 Å². The van der Waals surface area contributed by atoms with Crippen molar-refractivity contribution >= 4 is 17.9 Å². The summed E-state index contributed by atoms with van der Waals surface area (Å²) in [6.45, 7) is 6.48. The van der Waals surface area contributed by atoms with E-state index in [1.54, 1.807) is 0 Å². The second-order valence-corrected chi connectivity index (χ2v) is 22.7. The van der Waals surface area contributed by atoms with Gasteiger partial charge in [-0.1, -0.05) is 304 Å². The number of unbranched alkanes of at least 4 members (excludes halogenated alkanes) is 33. The normalized spacial score (nSPS) is 12.8. The Hall–Kier alpha value is -3.93. The molecule has 1 unspecified atom stereocenters. The van der Waals surface area contributed by atoms with Gasteiger partial charge in [0.15, 0.2) is 6.10 Å². The molecule has 464 valence electrons. The number of carbonyl (C=O) groups is 3. The summed E-state index contributed by atoms with van der Waals surface area (Å²) in [4.78, 5) is 38.4. The molecule has 0 aliphatic carbocycles. The lowest BCUT2D eigenvalue weighted by Crippen LogP contribution is -2.30. The standard InChI is InChI=1S/C75H128O6/c1-4-7-10-13-16-19-22-25-28-31-34-35-36-37-38-39-42-44-47-50-53-56-59-62-65-68-74(77)80-71-72(81-75(78)69-66-63-60-57-54-51-48-45-41-33-30-27-24-21-18-15-12-9-6-3)70-79-73(76)67-64-61-58-55-52-49-46-43-40-32-29-26-23-20-17-14-11-8-5-2/h9,12,18,21-22,25-27,29-31,34,41,45,51,54,60,63,72H,4-8,10-11,13-17,19-20,23-24,28,32-33,35-40,42-44,46-50,52-53,55-59,61-62,64-71H2,1-3H3/b12-9-,21-18-,25-22-,29-26-,30-27-,34-31-,45-41-,54-51-,63-60-. The number of esters is 3. The molecule has 0 aliphatic heterocycles. The van der Waals surface area contributed by atoms with Crippen molar-refractivity contribution < 1.29 is 28.6 Å². The number of allylic oxidation sites excluding steroid dienone is 18. The molecule has 0 aromatic heterocycles. The van der Waals surface area contributed by atoms with Gasteiger partial charge in [0.2, 0.25) is 0 Å². The summed E-state index contributed by atoms with van der Waals surface area (Å²) >= 11 is 0. The van der Waals surface area contributed by atoms with Gasteiger partial charge >= 0.3 is 17.9 Å². The van der Waals surface area contributed by atoms with E-state index in [1.165, 1.54) is 199 Å². The van der Waals surface area contributed by atoms with Gasteiger partial charge in [0.25, 0.3) is 0 Å². The van der Waals surface area contributed by atoms with E-state index in [-0.39, 0.29) is 31.6 Å². The van der Waals surface area contributed by atoms with Crippen LogP contribution in [0.2, 0.25) is 0 Å². The van der Waals surface area contributed by atoms with Crippen LogP contribution in [0.5, 0.6) is 0 Å². The third kappa shape index (κ3) is 66.8. The summed E-state index contributed by atoms with van der Waals surface area (Å²) in [5, 5.41) is 0. The van der Waals surface area contributed by atoms with Crippen molar-refractivity contribution in [1.82, 2.24) is 0 Å². The van der Waals surface area contributed by atoms with Crippen LogP contribution in [0.3, 0.4) is 0 Å². The molecule has 0 fully saturated rings. The van der Waals surface area contributed by atoms with E-state index >= 15 is 0 Å². The van der Waals surface area contributed by atoms with Crippen molar-refractivity contribution in [3.8, 4) is 0 Å². The topological polar surface area (TPSA) is 78.9 Å². The molecule has 0 saturated carbocycles. The second kappa shape index (κ2) is 68.6. The van der Waals surface area contributed by atoms with Crippen LogP contribution in [0.4, 0.5) is 0 Å². The zero-order chi connectivity index (χ0) is 58.5. The summed E-state index contributed by atoms with van der Waals surface area (Å²) in [7, 11) is 0. The Balaban J connectivity index is 4.43. The summed E-state index contributed by atoms with van der Waals surface area (Å²) in [6.07, 6.45) is 94.0. The third-order valence-corrected chi connectivity index (χ3v) is 14.7. The highest BCUT2D eigenvalue weighted by atomic mass is 16.6. The minimum atomic E-state index is -0.823.